The Bertz CT molecular complexity index is 1240. The third-order valence-electron chi connectivity index (χ3n) is 7.33. The van der Waals surface area contributed by atoms with Gasteiger partial charge < -0.3 is 4.90 Å². The van der Waals surface area contributed by atoms with Gasteiger partial charge in [0, 0.05) is 57.5 Å². The van der Waals surface area contributed by atoms with Crippen LogP contribution in [-0.2, 0) is 10.8 Å². The Morgan fingerprint density at radius 1 is 0.829 bits per heavy atom. The van der Waals surface area contributed by atoms with E-state index in [1.54, 1.807) is 0 Å². The lowest BCUT2D eigenvalue weighted by molar-refractivity contribution is -0.437. The van der Waals surface area contributed by atoms with Gasteiger partial charge >= 0.3 is 0 Å². The van der Waals surface area contributed by atoms with Gasteiger partial charge in [0.25, 0.3) is 0 Å². The molecule has 2 heterocycles. The molecule has 0 fully saturated rings. The molecule has 2 nitrogen and oxygen atoms in total. The van der Waals surface area contributed by atoms with Gasteiger partial charge in [0.2, 0.25) is 5.69 Å². The number of nitrogens with zero attached hydrogens (tertiary/aromatic N) is 2. The fraction of sp³-hybridized carbons (Fsp3) is 0.387. The van der Waals surface area contributed by atoms with E-state index in [0.717, 1.165) is 36.0 Å². The zero-order chi connectivity index (χ0) is 25.4. The van der Waals surface area contributed by atoms with E-state index in [4.69, 9.17) is 23.2 Å². The Hall–Kier alpha value is -2.29. The Balaban J connectivity index is 1.63. The highest BCUT2D eigenvalue weighted by Gasteiger charge is 2.44. The van der Waals surface area contributed by atoms with Crippen LogP contribution in [0.2, 0.25) is 10.0 Å². The first-order valence-corrected chi connectivity index (χ1v) is 13.5. The van der Waals surface area contributed by atoms with Gasteiger partial charge in [-0.15, -0.1) is 0 Å². The molecule has 0 unspecified atom stereocenters. The maximum atomic E-state index is 6.36. The van der Waals surface area contributed by atoms with E-state index in [9.17, 15) is 0 Å². The lowest BCUT2D eigenvalue weighted by Crippen LogP contribution is -2.27. The zero-order valence-corrected chi connectivity index (χ0v) is 23.3. The van der Waals surface area contributed by atoms with E-state index < -0.39 is 0 Å². The first kappa shape index (κ1) is 25.8. The van der Waals surface area contributed by atoms with Gasteiger partial charge in [-0.2, -0.15) is 4.58 Å². The molecule has 0 aromatic heterocycles. The molecular formula is C31H37Cl2N2+. The number of halogens is 2. The molecule has 184 valence electrons. The lowest BCUT2D eigenvalue weighted by Gasteiger charge is -2.26. The standard InChI is InChI=1S/C31H37Cl2N2/c1-7-18-34-26-16-14-22(32)20-24(26)30(3,4)28(34)12-10-9-11-13-29-31(5,6)25-21-23(33)15-17-27(25)35(29)19-8-2/h9-17,20-21H,7-8,18-19H2,1-6H3/q+1. The van der Waals surface area contributed by atoms with Crippen LogP contribution in [0.1, 0.15) is 65.5 Å². The Morgan fingerprint density at radius 3 is 2.20 bits per heavy atom. The quantitative estimate of drug-likeness (QED) is 0.267. The molecule has 0 saturated heterocycles. The molecule has 2 aliphatic rings. The van der Waals surface area contributed by atoms with E-state index in [1.807, 2.05) is 12.1 Å². The summed E-state index contributed by atoms with van der Waals surface area (Å²) in [5.41, 5.74) is 7.56. The molecule has 0 N–H and O–H groups in total. The first-order chi connectivity index (χ1) is 16.6. The molecule has 2 aromatic rings. The normalized spacial score (nSPS) is 19.4. The van der Waals surface area contributed by atoms with Crippen molar-refractivity contribution in [2.75, 3.05) is 18.0 Å². The second-order valence-electron chi connectivity index (χ2n) is 10.6. The Morgan fingerprint density at radius 2 is 1.51 bits per heavy atom. The van der Waals surface area contributed by atoms with Crippen LogP contribution in [0.4, 0.5) is 11.4 Å². The predicted molar refractivity (Wildman–Crippen MR) is 153 cm³/mol. The van der Waals surface area contributed by atoms with Crippen LogP contribution in [0.15, 0.2) is 72.5 Å². The molecule has 0 amide bonds. The summed E-state index contributed by atoms with van der Waals surface area (Å²) in [6, 6.07) is 12.5. The van der Waals surface area contributed by atoms with Crippen molar-refractivity contribution in [3.63, 3.8) is 0 Å². The summed E-state index contributed by atoms with van der Waals surface area (Å²) >= 11 is 12.7. The number of rotatable bonds is 7. The predicted octanol–water partition coefficient (Wildman–Crippen LogP) is 8.98. The van der Waals surface area contributed by atoms with Gasteiger partial charge in [-0.25, -0.2) is 0 Å². The van der Waals surface area contributed by atoms with Crippen molar-refractivity contribution < 1.29 is 4.58 Å². The van der Waals surface area contributed by atoms with Crippen molar-refractivity contribution in [1.29, 1.82) is 0 Å². The topological polar surface area (TPSA) is 6.25 Å². The minimum absolute atomic E-state index is 0.0928. The second kappa shape index (κ2) is 9.99. The summed E-state index contributed by atoms with van der Waals surface area (Å²) in [4.78, 5) is 2.44. The summed E-state index contributed by atoms with van der Waals surface area (Å²) in [5.74, 6) is 0. The van der Waals surface area contributed by atoms with E-state index in [1.165, 1.54) is 33.9 Å². The maximum Gasteiger partial charge on any atom is 0.209 e. The van der Waals surface area contributed by atoms with Gasteiger partial charge in [0.15, 0.2) is 5.71 Å². The molecule has 0 radical (unpaired) electrons. The average Bonchev–Trinajstić information content (AvgIpc) is 3.13. The Kier molecular flexibility index (Phi) is 7.36. The molecule has 4 rings (SSSR count). The number of fused-ring (bicyclic) bond motifs is 2. The number of hydrogen-bond donors (Lipinski definition) is 0. The number of benzene rings is 2. The maximum absolute atomic E-state index is 6.36. The first-order valence-electron chi connectivity index (χ1n) is 12.7. The molecule has 2 aliphatic heterocycles. The second-order valence-corrected chi connectivity index (χ2v) is 11.4. The van der Waals surface area contributed by atoms with Crippen LogP contribution < -0.4 is 4.90 Å². The molecule has 35 heavy (non-hydrogen) atoms. The van der Waals surface area contributed by atoms with Crippen LogP contribution in [-0.4, -0.2) is 23.4 Å². The minimum atomic E-state index is -0.0928. The van der Waals surface area contributed by atoms with Gasteiger partial charge in [-0.05, 0) is 62.2 Å². The zero-order valence-electron chi connectivity index (χ0n) is 21.8. The number of anilines is 1. The average molecular weight is 509 g/mol. The van der Waals surface area contributed by atoms with Crippen molar-refractivity contribution in [3.05, 3.63) is 93.6 Å². The molecule has 4 heteroatoms. The van der Waals surface area contributed by atoms with Gasteiger partial charge in [0.1, 0.15) is 6.54 Å². The largest absolute Gasteiger partial charge is 0.344 e. The SMILES string of the molecule is CCCN1\C(=C/C=C/C=C/C2=[N+](CCC)c3ccc(Cl)cc3C2(C)C)C(C)(C)c2cc(Cl)ccc21. The monoisotopic (exact) mass is 507 g/mol. The van der Waals surface area contributed by atoms with Gasteiger partial charge in [0.05, 0.1) is 5.41 Å². The van der Waals surface area contributed by atoms with Crippen LogP contribution >= 0.6 is 23.2 Å². The highest BCUT2D eigenvalue weighted by atomic mass is 35.5. The molecule has 0 bridgehead atoms. The summed E-state index contributed by atoms with van der Waals surface area (Å²) < 4.78 is 2.44. The van der Waals surface area contributed by atoms with E-state index in [2.05, 4.69) is 106 Å². The highest BCUT2D eigenvalue weighted by molar-refractivity contribution is 6.31. The van der Waals surface area contributed by atoms with Crippen molar-refractivity contribution in [1.82, 2.24) is 0 Å². The van der Waals surface area contributed by atoms with Gasteiger partial charge in [-0.1, -0.05) is 69.1 Å². The summed E-state index contributed by atoms with van der Waals surface area (Å²) in [7, 11) is 0. The van der Waals surface area contributed by atoms with E-state index >= 15 is 0 Å². The van der Waals surface area contributed by atoms with Crippen molar-refractivity contribution in [2.45, 2.75) is 65.2 Å². The van der Waals surface area contributed by atoms with Crippen LogP contribution in [0.25, 0.3) is 0 Å². The number of hydrogen-bond acceptors (Lipinski definition) is 1. The lowest BCUT2D eigenvalue weighted by atomic mass is 9.81. The molecule has 0 spiro atoms. The summed E-state index contributed by atoms with van der Waals surface area (Å²) in [6.45, 7) is 15.6. The fourth-order valence-electron chi connectivity index (χ4n) is 5.58. The highest BCUT2D eigenvalue weighted by Crippen LogP contribution is 2.48. The summed E-state index contributed by atoms with van der Waals surface area (Å²) in [6.07, 6.45) is 13.2. The van der Waals surface area contributed by atoms with Crippen LogP contribution in [0, 0.1) is 0 Å². The number of allylic oxidation sites excluding steroid dienone is 6. The van der Waals surface area contributed by atoms with E-state index in [0.29, 0.717) is 0 Å². The van der Waals surface area contributed by atoms with Crippen LogP contribution in [0.5, 0.6) is 0 Å². The molecule has 2 aromatic carbocycles. The molecule has 0 saturated carbocycles. The van der Waals surface area contributed by atoms with Crippen molar-refractivity contribution in [2.24, 2.45) is 0 Å². The molecule has 0 aliphatic carbocycles. The third-order valence-corrected chi connectivity index (χ3v) is 7.80. The van der Waals surface area contributed by atoms with Crippen LogP contribution in [0.3, 0.4) is 0 Å². The van der Waals surface area contributed by atoms with Crippen molar-refractivity contribution >= 4 is 40.3 Å². The molecule has 0 atom stereocenters. The van der Waals surface area contributed by atoms with Gasteiger partial charge in [-0.3, -0.25) is 0 Å². The molecular weight excluding hydrogens is 471 g/mol. The minimum Gasteiger partial charge on any atom is -0.344 e. The van der Waals surface area contributed by atoms with Crippen molar-refractivity contribution in [3.8, 4) is 0 Å². The summed E-state index contributed by atoms with van der Waals surface area (Å²) in [5, 5.41) is 1.59. The fourth-order valence-corrected chi connectivity index (χ4v) is 5.93. The smallest absolute Gasteiger partial charge is 0.209 e. The Labute approximate surface area is 221 Å². The third kappa shape index (κ3) is 4.63. The van der Waals surface area contributed by atoms with E-state index in [-0.39, 0.29) is 10.8 Å².